The molecule has 1 unspecified atom stereocenters. The molecule has 2 aliphatic heterocycles. The molecule has 1 saturated carbocycles. The van der Waals surface area contributed by atoms with Crippen molar-refractivity contribution in [3.8, 4) is 0 Å². The van der Waals surface area contributed by atoms with E-state index in [0.717, 1.165) is 30.6 Å². The Labute approximate surface area is 113 Å². The number of carbonyl (C=O) groups is 2. The number of nitrogens with one attached hydrogen (secondary N) is 1. The van der Waals surface area contributed by atoms with Crippen LogP contribution < -0.4 is 5.43 Å². The van der Waals surface area contributed by atoms with Crippen LogP contribution in [0.15, 0.2) is 11.8 Å². The number of piperidine rings is 1. The van der Waals surface area contributed by atoms with Gasteiger partial charge in [-0.15, -0.1) is 0 Å². The third-order valence-corrected chi connectivity index (χ3v) is 4.37. The zero-order valence-electron chi connectivity index (χ0n) is 11.7. The molecule has 3 aliphatic rings. The summed E-state index contributed by atoms with van der Waals surface area (Å²) in [7, 11) is 0. The van der Waals surface area contributed by atoms with Crippen molar-refractivity contribution in [3.05, 3.63) is 11.8 Å². The second-order valence-corrected chi connectivity index (χ2v) is 6.22. The molecule has 5 heteroatoms. The Balaban J connectivity index is 1.75. The van der Waals surface area contributed by atoms with Gasteiger partial charge in [-0.2, -0.15) is 0 Å². The zero-order chi connectivity index (χ0) is 13.7. The molecule has 1 N–H and O–H groups in total. The van der Waals surface area contributed by atoms with Crippen LogP contribution in [0.2, 0.25) is 0 Å². The number of nitrogens with zero attached hydrogens (tertiary/aromatic N) is 2. The summed E-state index contributed by atoms with van der Waals surface area (Å²) in [6.07, 6.45) is 3.18. The van der Waals surface area contributed by atoms with Crippen molar-refractivity contribution in [2.45, 2.75) is 33.2 Å². The van der Waals surface area contributed by atoms with Crippen LogP contribution >= 0.6 is 0 Å². The summed E-state index contributed by atoms with van der Waals surface area (Å²) in [5.74, 6) is 1.67. The molecule has 0 spiro atoms. The summed E-state index contributed by atoms with van der Waals surface area (Å²) in [4.78, 5) is 26.1. The summed E-state index contributed by atoms with van der Waals surface area (Å²) in [6.45, 7) is 7.34. The lowest BCUT2D eigenvalue weighted by atomic mass is 10.1. The first-order valence-electron chi connectivity index (χ1n) is 7.04. The molecular weight excluding hydrogens is 242 g/mol. The van der Waals surface area contributed by atoms with Gasteiger partial charge >= 0.3 is 0 Å². The number of amides is 2. The van der Waals surface area contributed by atoms with E-state index in [1.54, 1.807) is 0 Å². The number of hydrogen-bond donors (Lipinski definition) is 1. The fourth-order valence-corrected chi connectivity index (χ4v) is 3.03. The zero-order valence-corrected chi connectivity index (χ0v) is 11.7. The molecule has 2 heterocycles. The maximum atomic E-state index is 12.5. The van der Waals surface area contributed by atoms with E-state index in [-0.39, 0.29) is 17.7 Å². The molecule has 1 aliphatic carbocycles. The number of rotatable bonds is 2. The van der Waals surface area contributed by atoms with E-state index >= 15 is 0 Å². The Bertz CT molecular complexity index is 448. The predicted molar refractivity (Wildman–Crippen MR) is 70.5 cm³/mol. The molecule has 3 rings (SSSR count). The maximum Gasteiger partial charge on any atom is 0.251 e. The summed E-state index contributed by atoms with van der Waals surface area (Å²) < 4.78 is 0. The molecule has 2 fully saturated rings. The Morgan fingerprint density at radius 3 is 2.47 bits per heavy atom. The van der Waals surface area contributed by atoms with E-state index in [9.17, 15) is 9.59 Å². The standard InChI is InChI=1S/C14H21N3O2/c1-8(2)12-5-13(17(15-12)9(3)18)14(19)16-6-10-4-11(10)7-16/h5,8,10-11,13,15H,4,6-7H2,1-3H3/t10-,11+,13?. The van der Waals surface area contributed by atoms with E-state index in [4.69, 9.17) is 0 Å². The Hall–Kier alpha value is -1.52. The van der Waals surface area contributed by atoms with Crippen molar-refractivity contribution in [2.75, 3.05) is 13.1 Å². The highest BCUT2D eigenvalue weighted by Gasteiger charge is 2.48. The van der Waals surface area contributed by atoms with Gasteiger partial charge in [0.1, 0.15) is 0 Å². The van der Waals surface area contributed by atoms with Crippen molar-refractivity contribution in [3.63, 3.8) is 0 Å². The van der Waals surface area contributed by atoms with Crippen molar-refractivity contribution >= 4 is 11.8 Å². The van der Waals surface area contributed by atoms with Crippen LogP contribution in [-0.2, 0) is 9.59 Å². The summed E-state index contributed by atoms with van der Waals surface area (Å²) in [6, 6.07) is -0.465. The average Bonchev–Trinajstić information content (AvgIpc) is 2.82. The van der Waals surface area contributed by atoms with Gasteiger partial charge in [0, 0.05) is 25.7 Å². The SMILES string of the molecule is CC(=O)N1NC(C(C)C)=CC1C(=O)N1C[C@H]2C[C@H]2C1. The molecule has 0 bridgehead atoms. The van der Waals surface area contributed by atoms with Gasteiger partial charge in [0.2, 0.25) is 5.91 Å². The first kappa shape index (κ1) is 12.5. The Morgan fingerprint density at radius 2 is 1.95 bits per heavy atom. The molecule has 0 aromatic rings. The van der Waals surface area contributed by atoms with E-state index in [1.165, 1.54) is 18.4 Å². The van der Waals surface area contributed by atoms with Crippen LogP contribution in [0.4, 0.5) is 0 Å². The fraction of sp³-hybridized carbons (Fsp3) is 0.714. The highest BCUT2D eigenvalue weighted by Crippen LogP contribution is 2.45. The van der Waals surface area contributed by atoms with Crippen LogP contribution in [-0.4, -0.2) is 40.9 Å². The molecule has 3 atom stereocenters. The third-order valence-electron chi connectivity index (χ3n) is 4.37. The minimum absolute atomic E-state index is 0.0607. The largest absolute Gasteiger partial charge is 0.340 e. The minimum Gasteiger partial charge on any atom is -0.340 e. The highest BCUT2D eigenvalue weighted by molar-refractivity contribution is 5.89. The molecule has 0 aromatic carbocycles. The molecule has 104 valence electrons. The molecule has 5 nitrogen and oxygen atoms in total. The smallest absolute Gasteiger partial charge is 0.251 e. The first-order valence-corrected chi connectivity index (χ1v) is 7.04. The predicted octanol–water partition coefficient (Wildman–Crippen LogP) is 0.740. The van der Waals surface area contributed by atoms with Crippen molar-refractivity contribution in [2.24, 2.45) is 17.8 Å². The van der Waals surface area contributed by atoms with E-state index in [2.05, 4.69) is 19.3 Å². The minimum atomic E-state index is -0.465. The number of hydrazine groups is 1. The fourth-order valence-electron chi connectivity index (χ4n) is 3.03. The molecule has 2 amide bonds. The van der Waals surface area contributed by atoms with Gasteiger partial charge in [-0.1, -0.05) is 13.8 Å². The number of hydrogen-bond acceptors (Lipinski definition) is 3. The Kier molecular flexibility index (Phi) is 2.80. The van der Waals surface area contributed by atoms with Gasteiger partial charge in [-0.3, -0.25) is 15.0 Å². The summed E-state index contributed by atoms with van der Waals surface area (Å²) in [5.41, 5.74) is 4.02. The second kappa shape index (κ2) is 4.25. The lowest BCUT2D eigenvalue weighted by Gasteiger charge is -2.27. The number of carbonyl (C=O) groups excluding carboxylic acids is 2. The van der Waals surface area contributed by atoms with Crippen molar-refractivity contribution in [1.82, 2.24) is 15.3 Å². The molecule has 0 aromatic heterocycles. The maximum absolute atomic E-state index is 12.5. The topological polar surface area (TPSA) is 52.7 Å². The molecule has 19 heavy (non-hydrogen) atoms. The average molecular weight is 263 g/mol. The molecular formula is C14H21N3O2. The number of fused-ring (bicyclic) bond motifs is 1. The van der Waals surface area contributed by atoms with Gasteiger partial charge < -0.3 is 4.90 Å². The van der Waals surface area contributed by atoms with Gasteiger partial charge in [0.15, 0.2) is 6.04 Å². The third kappa shape index (κ3) is 2.11. The molecule has 0 radical (unpaired) electrons. The van der Waals surface area contributed by atoms with E-state index in [0.29, 0.717) is 0 Å². The second-order valence-electron chi connectivity index (χ2n) is 6.22. The number of likely N-dealkylation sites (tertiary alicyclic amines) is 1. The molecule has 1 saturated heterocycles. The van der Waals surface area contributed by atoms with Crippen LogP contribution in [0.25, 0.3) is 0 Å². The quantitative estimate of drug-likeness (QED) is 0.799. The van der Waals surface area contributed by atoms with Gasteiger partial charge in [-0.25, -0.2) is 5.01 Å². The van der Waals surface area contributed by atoms with Gasteiger partial charge in [-0.05, 0) is 30.3 Å². The van der Waals surface area contributed by atoms with Gasteiger partial charge in [0.05, 0.1) is 0 Å². The number of allylic oxidation sites excluding steroid dienone is 1. The normalized spacial score (nSPS) is 32.2. The summed E-state index contributed by atoms with van der Waals surface area (Å²) in [5, 5.41) is 1.46. The van der Waals surface area contributed by atoms with Crippen LogP contribution in [0.5, 0.6) is 0 Å². The van der Waals surface area contributed by atoms with Crippen LogP contribution in [0, 0.1) is 17.8 Å². The van der Waals surface area contributed by atoms with Gasteiger partial charge in [0.25, 0.3) is 5.91 Å². The highest BCUT2D eigenvalue weighted by atomic mass is 16.2. The van der Waals surface area contributed by atoms with Crippen molar-refractivity contribution in [1.29, 1.82) is 0 Å². The van der Waals surface area contributed by atoms with Crippen LogP contribution in [0.1, 0.15) is 27.2 Å². The summed E-state index contributed by atoms with van der Waals surface area (Å²) >= 11 is 0. The van der Waals surface area contributed by atoms with E-state index in [1.807, 2.05) is 11.0 Å². The Morgan fingerprint density at radius 1 is 1.32 bits per heavy atom. The van der Waals surface area contributed by atoms with E-state index < -0.39 is 6.04 Å². The lowest BCUT2D eigenvalue weighted by molar-refractivity contribution is -0.143. The van der Waals surface area contributed by atoms with Crippen molar-refractivity contribution < 1.29 is 9.59 Å². The first-order chi connectivity index (χ1) is 8.97. The lowest BCUT2D eigenvalue weighted by Crippen LogP contribution is -2.50. The monoisotopic (exact) mass is 263 g/mol. The van der Waals surface area contributed by atoms with Crippen LogP contribution in [0.3, 0.4) is 0 Å².